The minimum atomic E-state index is -1.99. The number of carbonyl (C=O) groups is 3. The van der Waals surface area contributed by atoms with Gasteiger partial charge in [-0.1, -0.05) is 12.1 Å². The Bertz CT molecular complexity index is 1430. The molecule has 2 aliphatic carbocycles. The molecule has 0 aromatic heterocycles. The molecule has 0 radical (unpaired) electrons. The highest BCUT2D eigenvalue weighted by Crippen LogP contribution is 2.52. The van der Waals surface area contributed by atoms with Gasteiger partial charge in [0.05, 0.1) is 42.1 Å². The van der Waals surface area contributed by atoms with Crippen LogP contribution in [-0.4, -0.2) is 94.0 Å². The molecular weight excluding hydrogens is 558 g/mol. The maximum atomic E-state index is 13.7. The van der Waals surface area contributed by atoms with E-state index >= 15 is 0 Å². The third-order valence-corrected chi connectivity index (χ3v) is 8.39. The SMILES string of the molecule is COc1cccc2c1C(=O)c1c(O)c3c(c(O)c1C2=O)C[C@@](O)(C(C)=O)C[C@@H]3O[C@H]1C[C@H](N(C)C)[C@H](O)[C@H](C)O1.Cl. The third kappa shape index (κ3) is 4.80. The van der Waals surface area contributed by atoms with Gasteiger partial charge >= 0.3 is 0 Å². The van der Waals surface area contributed by atoms with Gasteiger partial charge in [-0.05, 0) is 34.0 Å². The number of aromatic hydroxyl groups is 2. The molecule has 2 aromatic carbocycles. The fourth-order valence-corrected chi connectivity index (χ4v) is 6.11. The lowest BCUT2D eigenvalue weighted by molar-refractivity contribution is -0.256. The van der Waals surface area contributed by atoms with E-state index in [1.165, 1.54) is 32.2 Å². The van der Waals surface area contributed by atoms with Crippen molar-refractivity contribution < 1.29 is 49.0 Å². The standard InChI is InChI=1S/C29H33NO10.ClH/c1-12-24(32)16(30(3)4)9-19(39-12)40-18-11-29(37,13(2)31)10-15-21(18)28(36)23-22(26(15)34)25(33)14-7-6-8-17(38-5)20(14)27(23)35;/h6-8,12,16,18-19,24,32,34,36-37H,9-11H2,1-5H3;1H/t12-,16-,18-,19-,24+,29-;/m0./s1. The Morgan fingerprint density at radius 1 is 1.10 bits per heavy atom. The second-order valence-electron chi connectivity index (χ2n) is 11.0. The van der Waals surface area contributed by atoms with Gasteiger partial charge < -0.3 is 39.5 Å². The minimum absolute atomic E-state index is 0. The summed E-state index contributed by atoms with van der Waals surface area (Å²) in [5.74, 6) is -3.08. The number of benzene rings is 2. The summed E-state index contributed by atoms with van der Waals surface area (Å²) in [7, 11) is 4.96. The van der Waals surface area contributed by atoms with Crippen LogP contribution in [0.3, 0.4) is 0 Å². The van der Waals surface area contributed by atoms with Crippen LogP contribution in [0.5, 0.6) is 17.2 Å². The summed E-state index contributed by atoms with van der Waals surface area (Å²) in [5.41, 5.74) is -2.92. The van der Waals surface area contributed by atoms with Crippen LogP contribution in [0.2, 0.25) is 0 Å². The Kier molecular flexibility index (Phi) is 8.27. The van der Waals surface area contributed by atoms with Gasteiger partial charge in [-0.2, -0.15) is 0 Å². The first-order valence-corrected chi connectivity index (χ1v) is 13.1. The Labute approximate surface area is 243 Å². The molecule has 0 unspecified atom stereocenters. The zero-order chi connectivity index (χ0) is 29.3. The van der Waals surface area contributed by atoms with Crippen molar-refractivity contribution in [3.8, 4) is 17.2 Å². The van der Waals surface area contributed by atoms with E-state index in [1.54, 1.807) is 21.0 Å². The van der Waals surface area contributed by atoms with Gasteiger partial charge in [0.2, 0.25) is 5.78 Å². The molecule has 4 N–H and O–H groups in total. The highest BCUT2D eigenvalue weighted by Gasteiger charge is 2.49. The molecule has 1 saturated heterocycles. The van der Waals surface area contributed by atoms with Gasteiger partial charge in [-0.15, -0.1) is 12.4 Å². The van der Waals surface area contributed by atoms with Crippen LogP contribution in [-0.2, 0) is 20.7 Å². The van der Waals surface area contributed by atoms with Gasteiger partial charge in [0.25, 0.3) is 0 Å². The van der Waals surface area contributed by atoms with Crippen molar-refractivity contribution in [3.63, 3.8) is 0 Å². The van der Waals surface area contributed by atoms with E-state index in [9.17, 15) is 34.8 Å². The predicted molar refractivity (Wildman–Crippen MR) is 147 cm³/mol. The largest absolute Gasteiger partial charge is 0.507 e. The Hall–Kier alpha value is -3.06. The van der Waals surface area contributed by atoms with Crippen molar-refractivity contribution in [2.24, 2.45) is 0 Å². The zero-order valence-electron chi connectivity index (χ0n) is 23.3. The normalized spacial score (nSPS) is 28.8. The molecule has 41 heavy (non-hydrogen) atoms. The minimum Gasteiger partial charge on any atom is -0.507 e. The summed E-state index contributed by atoms with van der Waals surface area (Å²) < 4.78 is 17.4. The van der Waals surface area contributed by atoms with Crippen molar-refractivity contribution in [1.82, 2.24) is 4.90 Å². The number of ether oxygens (including phenoxy) is 3. The smallest absolute Gasteiger partial charge is 0.202 e. The first-order chi connectivity index (χ1) is 18.8. The summed E-state index contributed by atoms with van der Waals surface area (Å²) in [5, 5.41) is 44.9. The van der Waals surface area contributed by atoms with Gasteiger partial charge in [0.1, 0.15) is 22.8 Å². The number of halogens is 1. The topological polar surface area (TPSA) is 163 Å². The second kappa shape index (κ2) is 11.0. The number of methoxy groups -OCH3 is 1. The van der Waals surface area contributed by atoms with Crippen molar-refractivity contribution in [1.29, 1.82) is 0 Å². The molecule has 0 amide bonds. The number of hydrogen-bond acceptors (Lipinski definition) is 11. The van der Waals surface area contributed by atoms with Crippen molar-refractivity contribution >= 4 is 29.8 Å². The molecule has 1 heterocycles. The number of Topliss-reactive ketones (excluding diaryl/α,β-unsaturated/α-hetero) is 1. The average molecular weight is 592 g/mol. The Morgan fingerprint density at radius 2 is 1.76 bits per heavy atom. The molecule has 0 bridgehead atoms. The highest BCUT2D eigenvalue weighted by molar-refractivity contribution is 6.31. The average Bonchev–Trinajstić information content (AvgIpc) is 2.90. The fourth-order valence-electron chi connectivity index (χ4n) is 6.11. The van der Waals surface area contributed by atoms with E-state index in [4.69, 9.17) is 14.2 Å². The Morgan fingerprint density at radius 3 is 2.37 bits per heavy atom. The molecule has 11 nitrogen and oxygen atoms in total. The molecule has 2 aromatic rings. The zero-order valence-corrected chi connectivity index (χ0v) is 24.2. The number of phenolic OH excluding ortho intramolecular Hbond substituents is 2. The quantitative estimate of drug-likeness (QED) is 0.321. The van der Waals surface area contributed by atoms with Gasteiger partial charge in [-0.25, -0.2) is 0 Å². The highest BCUT2D eigenvalue weighted by atomic mass is 35.5. The fraction of sp³-hybridized carbons (Fsp3) is 0.483. The van der Waals surface area contributed by atoms with Crippen molar-refractivity contribution in [2.75, 3.05) is 21.2 Å². The van der Waals surface area contributed by atoms with Gasteiger partial charge in [0, 0.05) is 42.0 Å². The van der Waals surface area contributed by atoms with E-state index in [-0.39, 0.29) is 59.3 Å². The van der Waals surface area contributed by atoms with Gasteiger partial charge in [-0.3, -0.25) is 14.4 Å². The van der Waals surface area contributed by atoms with E-state index < -0.39 is 76.6 Å². The first kappa shape index (κ1) is 30.9. The number of hydrogen-bond donors (Lipinski definition) is 4. The third-order valence-electron chi connectivity index (χ3n) is 8.39. The number of rotatable bonds is 5. The molecule has 12 heteroatoms. The van der Waals surface area contributed by atoms with E-state index in [0.29, 0.717) is 0 Å². The number of ketones is 3. The number of likely N-dealkylation sites (N-methyl/N-ethyl adjacent to an activating group) is 1. The van der Waals surface area contributed by atoms with Crippen LogP contribution in [0.15, 0.2) is 18.2 Å². The van der Waals surface area contributed by atoms with Crippen molar-refractivity contribution in [2.45, 2.75) is 69.4 Å². The molecule has 1 fully saturated rings. The lowest BCUT2D eigenvalue weighted by atomic mass is 9.72. The summed E-state index contributed by atoms with van der Waals surface area (Å²) in [6, 6.07) is 4.13. The molecule has 1 aliphatic heterocycles. The molecule has 0 spiro atoms. The summed E-state index contributed by atoms with van der Waals surface area (Å²) in [6.07, 6.45) is -4.02. The molecule has 5 rings (SSSR count). The van der Waals surface area contributed by atoms with Crippen LogP contribution < -0.4 is 4.74 Å². The van der Waals surface area contributed by atoms with Crippen LogP contribution in [0.25, 0.3) is 0 Å². The summed E-state index contributed by atoms with van der Waals surface area (Å²) in [6.45, 7) is 2.89. The molecule has 6 atom stereocenters. The lowest BCUT2D eigenvalue weighted by Crippen LogP contribution is -2.54. The molecule has 0 saturated carbocycles. The van der Waals surface area contributed by atoms with Crippen LogP contribution in [0, 0.1) is 0 Å². The number of aliphatic hydroxyl groups is 2. The number of fused-ring (bicyclic) bond motifs is 3. The van der Waals surface area contributed by atoms with Crippen molar-refractivity contribution in [3.05, 3.63) is 51.6 Å². The monoisotopic (exact) mass is 591 g/mol. The maximum absolute atomic E-state index is 13.7. The second-order valence-corrected chi connectivity index (χ2v) is 11.0. The van der Waals surface area contributed by atoms with Crippen LogP contribution in [0.4, 0.5) is 0 Å². The maximum Gasteiger partial charge on any atom is 0.202 e. The predicted octanol–water partition coefficient (Wildman–Crippen LogP) is 2.05. The molecule has 222 valence electrons. The number of carbonyl (C=O) groups excluding carboxylic acids is 3. The van der Waals surface area contributed by atoms with E-state index in [0.717, 1.165) is 0 Å². The number of phenols is 2. The molecule has 3 aliphatic rings. The summed E-state index contributed by atoms with van der Waals surface area (Å²) >= 11 is 0. The van der Waals surface area contributed by atoms with E-state index in [1.807, 2.05) is 4.90 Å². The summed E-state index contributed by atoms with van der Waals surface area (Å²) in [4.78, 5) is 41.7. The number of nitrogens with zero attached hydrogens (tertiary/aromatic N) is 1. The Balaban J connectivity index is 0.00000387. The number of aliphatic hydroxyl groups excluding tert-OH is 1. The lowest BCUT2D eigenvalue weighted by Gasteiger charge is -2.44. The molecular formula is C29H34ClNO10. The first-order valence-electron chi connectivity index (χ1n) is 13.1. The van der Waals surface area contributed by atoms with Crippen LogP contribution in [0.1, 0.15) is 75.8 Å². The van der Waals surface area contributed by atoms with Gasteiger partial charge in [0.15, 0.2) is 17.9 Å². The van der Waals surface area contributed by atoms with Crippen LogP contribution >= 0.6 is 12.4 Å². The van der Waals surface area contributed by atoms with E-state index in [2.05, 4.69) is 0 Å².